The Morgan fingerprint density at radius 3 is 2.34 bits per heavy atom. The molecule has 0 radical (unpaired) electrons. The Balaban J connectivity index is 0.000000201. The Bertz CT molecular complexity index is 1100. The molecule has 2 aromatic rings. The molecule has 4 aliphatic rings. The number of halogens is 2. The van der Waals surface area contributed by atoms with E-state index in [0.717, 1.165) is 30.6 Å². The van der Waals surface area contributed by atoms with Crippen molar-refractivity contribution in [2.24, 2.45) is 0 Å². The van der Waals surface area contributed by atoms with E-state index in [1.807, 2.05) is 6.07 Å². The Hall–Kier alpha value is -1.47. The molecule has 0 bridgehead atoms. The number of hydrogen-bond donors (Lipinski definition) is 3. The quantitative estimate of drug-likeness (QED) is 0.328. The Kier molecular flexibility index (Phi) is 10.8. The van der Waals surface area contributed by atoms with Crippen molar-refractivity contribution in [3.63, 3.8) is 0 Å². The number of aromatic hydroxyl groups is 2. The molecule has 7 heteroatoms. The topological polar surface area (TPSA) is 65.0 Å². The third-order valence-electron chi connectivity index (χ3n) is 9.26. The highest BCUT2D eigenvalue weighted by Gasteiger charge is 2.38. The number of rotatable bonds is 2. The summed E-state index contributed by atoms with van der Waals surface area (Å²) in [5.41, 5.74) is 6.52. The van der Waals surface area contributed by atoms with Crippen LogP contribution in [0.3, 0.4) is 0 Å². The van der Waals surface area contributed by atoms with Crippen LogP contribution in [0, 0.1) is 6.92 Å². The molecule has 0 saturated carbocycles. The largest absolute Gasteiger partial charge is 0.504 e. The minimum absolute atomic E-state index is 0. The molecule has 2 aromatic carbocycles. The molecule has 2 aliphatic carbocycles. The van der Waals surface area contributed by atoms with E-state index in [0.29, 0.717) is 30.0 Å². The Morgan fingerprint density at radius 2 is 1.61 bits per heavy atom. The van der Waals surface area contributed by atoms with Crippen LogP contribution in [0.25, 0.3) is 0 Å². The molecule has 3 N–H and O–H groups in total. The maximum atomic E-state index is 10.0. The first-order valence-corrected chi connectivity index (χ1v) is 14.1. The lowest BCUT2D eigenvalue weighted by molar-refractivity contribution is 0.0811. The molecule has 212 valence electrons. The second kappa shape index (κ2) is 13.3. The van der Waals surface area contributed by atoms with Crippen molar-refractivity contribution in [3.05, 3.63) is 52.1 Å². The first kappa shape index (κ1) is 31.1. The van der Waals surface area contributed by atoms with Crippen molar-refractivity contribution in [2.45, 2.75) is 102 Å². The number of hydrogen-bond acceptors (Lipinski definition) is 5. The lowest BCUT2D eigenvalue weighted by Crippen LogP contribution is -2.49. The van der Waals surface area contributed by atoms with Gasteiger partial charge in [0.15, 0.2) is 11.5 Å². The van der Waals surface area contributed by atoms with Crippen LogP contribution in [0.1, 0.15) is 92.0 Å². The molecule has 0 amide bonds. The highest BCUT2D eigenvalue weighted by Crippen LogP contribution is 2.46. The lowest BCUT2D eigenvalue weighted by atomic mass is 9.73. The van der Waals surface area contributed by atoms with Crippen molar-refractivity contribution in [2.75, 3.05) is 20.2 Å². The summed E-state index contributed by atoms with van der Waals surface area (Å²) in [5, 5.41) is 23.4. The van der Waals surface area contributed by atoms with Gasteiger partial charge in [0, 0.05) is 23.7 Å². The van der Waals surface area contributed by atoms with Gasteiger partial charge in [0.1, 0.15) is 5.75 Å². The summed E-state index contributed by atoms with van der Waals surface area (Å²) >= 11 is 0. The average molecular weight is 610 g/mol. The van der Waals surface area contributed by atoms with Gasteiger partial charge in [0.25, 0.3) is 0 Å². The van der Waals surface area contributed by atoms with Crippen molar-refractivity contribution in [1.29, 1.82) is 0 Å². The minimum atomic E-state index is 0. The number of ether oxygens (including phenoxy) is 1. The zero-order valence-electron chi connectivity index (χ0n) is 23.3. The van der Waals surface area contributed by atoms with Crippen LogP contribution in [0.15, 0.2) is 24.3 Å². The first-order valence-electron chi connectivity index (χ1n) is 14.1. The van der Waals surface area contributed by atoms with E-state index in [9.17, 15) is 10.2 Å². The number of methoxy groups -OCH3 is 1. The summed E-state index contributed by atoms with van der Waals surface area (Å²) < 4.78 is 5.60. The number of piperidine rings is 2. The second-order valence-corrected chi connectivity index (χ2v) is 11.5. The molecular weight excluding hydrogens is 564 g/mol. The molecule has 5 nitrogen and oxygen atoms in total. The van der Waals surface area contributed by atoms with Gasteiger partial charge in [-0.15, -0.1) is 29.4 Å². The van der Waals surface area contributed by atoms with Crippen molar-refractivity contribution >= 4 is 29.4 Å². The van der Waals surface area contributed by atoms with Gasteiger partial charge in [-0.3, -0.25) is 4.90 Å². The number of phenols is 2. The van der Waals surface area contributed by atoms with Gasteiger partial charge in [0.2, 0.25) is 0 Å². The van der Waals surface area contributed by atoms with E-state index < -0.39 is 0 Å². The molecule has 38 heavy (non-hydrogen) atoms. The van der Waals surface area contributed by atoms with Gasteiger partial charge >= 0.3 is 0 Å². The minimum Gasteiger partial charge on any atom is -0.504 e. The van der Waals surface area contributed by atoms with Crippen LogP contribution < -0.4 is 10.1 Å². The highest BCUT2D eigenvalue weighted by molar-refractivity contribution is 8.93. The van der Waals surface area contributed by atoms with Gasteiger partial charge in [-0.05, 0) is 125 Å². The monoisotopic (exact) mass is 608 g/mol. The van der Waals surface area contributed by atoms with E-state index in [2.05, 4.69) is 43.1 Å². The smallest absolute Gasteiger partial charge is 0.160 e. The molecule has 2 aliphatic heterocycles. The predicted molar refractivity (Wildman–Crippen MR) is 163 cm³/mol. The summed E-state index contributed by atoms with van der Waals surface area (Å²) in [6.07, 6.45) is 9.44. The standard InChI is InChI=1S/C16H23NO2.C15H21NO.BrH.ClH/c1-10(2)17-9-3-4-12-11-6-8-15(18)16(19)13(11)5-7-14(12)17;1-10-5-6-11-12-4-3-9-16-14(12)8-7-13(11)15(10)17-2;;/h6,8,10,12,14,18-19H,3-5,7,9H2,1-2H3;5-6,12,14,16H,3-4,7-9H2,1-2H3;2*1H/t2*12-,14-;;/m00../s1. The Labute approximate surface area is 245 Å². The van der Waals surface area contributed by atoms with Crippen LogP contribution in [-0.2, 0) is 12.8 Å². The molecule has 2 saturated heterocycles. The fraction of sp³-hybridized carbons (Fsp3) is 0.613. The fourth-order valence-electron chi connectivity index (χ4n) is 7.57. The van der Waals surface area contributed by atoms with Crippen LogP contribution >= 0.6 is 29.4 Å². The molecule has 0 spiro atoms. The number of nitrogens with one attached hydrogen (secondary N) is 1. The third kappa shape index (κ3) is 5.84. The predicted octanol–water partition coefficient (Wildman–Crippen LogP) is 6.79. The number of fused-ring (bicyclic) bond motifs is 6. The average Bonchev–Trinajstić information content (AvgIpc) is 2.90. The normalized spacial score (nSPS) is 25.7. The third-order valence-corrected chi connectivity index (χ3v) is 9.26. The fourth-order valence-corrected chi connectivity index (χ4v) is 7.57. The van der Waals surface area contributed by atoms with Crippen molar-refractivity contribution < 1.29 is 14.9 Å². The van der Waals surface area contributed by atoms with Gasteiger partial charge < -0.3 is 20.3 Å². The van der Waals surface area contributed by atoms with E-state index in [-0.39, 0.29) is 40.9 Å². The van der Waals surface area contributed by atoms with Crippen LogP contribution in [0.4, 0.5) is 0 Å². The van der Waals surface area contributed by atoms with Crippen LogP contribution in [-0.4, -0.2) is 53.4 Å². The van der Waals surface area contributed by atoms with Crippen molar-refractivity contribution in [1.82, 2.24) is 10.2 Å². The second-order valence-electron chi connectivity index (χ2n) is 11.5. The number of aryl methyl sites for hydroxylation is 1. The molecule has 0 aromatic heterocycles. The summed E-state index contributed by atoms with van der Waals surface area (Å²) in [4.78, 5) is 2.61. The maximum absolute atomic E-state index is 10.0. The van der Waals surface area contributed by atoms with Crippen molar-refractivity contribution in [3.8, 4) is 17.2 Å². The first-order chi connectivity index (χ1) is 17.4. The molecule has 2 heterocycles. The highest BCUT2D eigenvalue weighted by atomic mass is 79.9. The number of benzene rings is 2. The lowest BCUT2D eigenvalue weighted by Gasteiger charge is -2.47. The molecule has 6 rings (SSSR count). The molecule has 2 fully saturated rings. The zero-order chi connectivity index (χ0) is 25.4. The summed E-state index contributed by atoms with van der Waals surface area (Å²) in [6, 6.07) is 10.1. The van der Waals surface area contributed by atoms with E-state index >= 15 is 0 Å². The van der Waals surface area contributed by atoms with Gasteiger partial charge in [-0.2, -0.15) is 0 Å². The van der Waals surface area contributed by atoms with Crippen LogP contribution in [0.2, 0.25) is 0 Å². The SMILES string of the molecule is Br.CC(C)N1CCC[C@H]2c3ccc(O)c(O)c3CC[C@@H]21.COc1c(C)ccc2c1CC[C@@H]1NCCC[C@@H]21.Cl. The summed E-state index contributed by atoms with van der Waals surface area (Å²) in [7, 11) is 1.80. The van der Waals surface area contributed by atoms with E-state index in [1.165, 1.54) is 67.4 Å². The van der Waals surface area contributed by atoms with Gasteiger partial charge in [-0.25, -0.2) is 0 Å². The zero-order valence-corrected chi connectivity index (χ0v) is 25.9. The van der Waals surface area contributed by atoms with E-state index in [4.69, 9.17) is 4.74 Å². The number of likely N-dealkylation sites (tertiary alicyclic amines) is 1. The number of phenolic OH excluding ortho intramolecular Hbond substituents is 2. The number of nitrogens with zero attached hydrogens (tertiary/aromatic N) is 1. The molecular formula is C31H46BrClN2O3. The van der Waals surface area contributed by atoms with E-state index in [1.54, 1.807) is 13.2 Å². The van der Waals surface area contributed by atoms with Gasteiger partial charge in [0.05, 0.1) is 7.11 Å². The summed E-state index contributed by atoms with van der Waals surface area (Å²) in [5.74, 6) is 2.49. The maximum Gasteiger partial charge on any atom is 0.160 e. The molecule has 4 atom stereocenters. The van der Waals surface area contributed by atoms with Gasteiger partial charge in [-0.1, -0.05) is 18.2 Å². The molecule has 0 unspecified atom stereocenters. The summed E-state index contributed by atoms with van der Waals surface area (Å²) in [6.45, 7) is 9.07. The Morgan fingerprint density at radius 1 is 0.921 bits per heavy atom. The van der Waals surface area contributed by atoms with Crippen LogP contribution in [0.5, 0.6) is 17.2 Å².